The van der Waals surface area contributed by atoms with Gasteiger partial charge >= 0.3 is 11.6 Å². The van der Waals surface area contributed by atoms with Crippen LogP contribution in [0.3, 0.4) is 0 Å². The van der Waals surface area contributed by atoms with Crippen LogP contribution in [0, 0.1) is 0 Å². The highest BCUT2D eigenvalue weighted by Crippen LogP contribution is 2.36. The lowest BCUT2D eigenvalue weighted by molar-refractivity contribution is -0.145. The number of hydrogen-bond acceptors (Lipinski definition) is 10. The largest absolute Gasteiger partial charge is 0.507 e. The zero-order chi connectivity index (χ0) is 24.9. The van der Waals surface area contributed by atoms with Gasteiger partial charge in [0.15, 0.2) is 6.10 Å². The molecule has 1 heterocycles. The molecule has 0 aliphatic rings. The van der Waals surface area contributed by atoms with Gasteiger partial charge in [-0.3, -0.25) is 0 Å². The third kappa shape index (κ3) is 7.10. The number of aromatic hydroxyl groups is 2. The summed E-state index contributed by atoms with van der Waals surface area (Å²) in [6.07, 6.45) is -2.45. The molecule has 0 aliphatic heterocycles. The van der Waals surface area contributed by atoms with Crippen molar-refractivity contribution in [3.05, 3.63) is 45.5 Å². The molecule has 12 heteroatoms. The SMILES string of the molecule is C[C@H](O)C[C@@H](O)[C@H](SC[C@H](O)C(=O)O)[C@H](O)C=CCc1cc2c(Cl)c(O)cc(O)c2c(=O)o1. The van der Waals surface area contributed by atoms with Gasteiger partial charge in [-0.05, 0) is 13.0 Å². The Balaban J connectivity index is 2.21. The van der Waals surface area contributed by atoms with E-state index in [0.717, 1.165) is 17.8 Å². The molecule has 5 atom stereocenters. The van der Waals surface area contributed by atoms with Gasteiger partial charge < -0.3 is 40.2 Å². The van der Waals surface area contributed by atoms with Gasteiger partial charge in [0.25, 0.3) is 0 Å². The van der Waals surface area contributed by atoms with Crippen molar-refractivity contribution in [2.24, 2.45) is 0 Å². The van der Waals surface area contributed by atoms with E-state index in [1.165, 1.54) is 25.1 Å². The molecule has 0 radical (unpaired) electrons. The highest BCUT2D eigenvalue weighted by Gasteiger charge is 2.29. The molecule has 0 saturated heterocycles. The zero-order valence-electron chi connectivity index (χ0n) is 17.5. The number of carboxylic acid groups (broad SMARTS) is 1. The zero-order valence-corrected chi connectivity index (χ0v) is 19.0. The summed E-state index contributed by atoms with van der Waals surface area (Å²) < 4.78 is 5.14. The first-order valence-electron chi connectivity index (χ1n) is 9.82. The smallest absolute Gasteiger partial charge is 0.347 e. The highest BCUT2D eigenvalue weighted by atomic mass is 35.5. The van der Waals surface area contributed by atoms with Crippen LogP contribution in [0.25, 0.3) is 10.8 Å². The van der Waals surface area contributed by atoms with E-state index in [1.54, 1.807) is 0 Å². The van der Waals surface area contributed by atoms with Crippen molar-refractivity contribution >= 4 is 40.1 Å². The number of hydrogen-bond donors (Lipinski definition) is 7. The standard InChI is InChI=1S/C21H25ClO10S/c1-9(23)5-15(27)19(33-8-16(28)20(29)30)12(24)4-2-3-10-6-11-17(21(31)32-10)13(25)7-14(26)18(11)22/h2,4,6-7,9,12,15-16,19,23-28H,3,5,8H2,1H3,(H,29,30)/t9-,12+,15+,16-,19+/m0/s1. The van der Waals surface area contributed by atoms with E-state index < -0.39 is 52.8 Å². The Morgan fingerprint density at radius 3 is 2.45 bits per heavy atom. The molecule has 0 bridgehead atoms. The lowest BCUT2D eigenvalue weighted by atomic mass is 10.0. The van der Waals surface area contributed by atoms with E-state index in [0.29, 0.717) is 0 Å². The van der Waals surface area contributed by atoms with E-state index in [9.17, 15) is 40.2 Å². The van der Waals surface area contributed by atoms with Gasteiger partial charge in [-0.25, -0.2) is 9.59 Å². The van der Waals surface area contributed by atoms with Crippen LogP contribution >= 0.6 is 23.4 Å². The molecule has 2 aromatic rings. The van der Waals surface area contributed by atoms with Gasteiger partial charge in [0, 0.05) is 30.0 Å². The normalized spacial score (nSPS) is 16.5. The fourth-order valence-electron chi connectivity index (χ4n) is 3.09. The quantitative estimate of drug-likeness (QED) is 0.216. The monoisotopic (exact) mass is 504 g/mol. The van der Waals surface area contributed by atoms with Crippen molar-refractivity contribution in [3.63, 3.8) is 0 Å². The molecule has 0 unspecified atom stereocenters. The predicted molar refractivity (Wildman–Crippen MR) is 122 cm³/mol. The number of halogens is 1. The molecule has 1 aromatic heterocycles. The number of phenolic OH excluding ortho intramolecular Hbond substituents is 2. The number of rotatable bonds is 11. The number of allylic oxidation sites excluding steroid dienone is 1. The fourth-order valence-corrected chi connectivity index (χ4v) is 4.46. The topological polar surface area (TPSA) is 189 Å². The minimum Gasteiger partial charge on any atom is -0.507 e. The average molecular weight is 505 g/mol. The molecule has 182 valence electrons. The van der Waals surface area contributed by atoms with Crippen LogP contribution in [0.1, 0.15) is 19.1 Å². The Kier molecular flexibility index (Phi) is 9.58. The number of benzene rings is 1. The third-order valence-electron chi connectivity index (χ3n) is 4.68. The second-order valence-corrected chi connectivity index (χ2v) is 9.03. The van der Waals surface area contributed by atoms with Gasteiger partial charge in [0.05, 0.1) is 28.6 Å². The molecule has 7 N–H and O–H groups in total. The number of carbonyl (C=O) groups is 1. The van der Waals surface area contributed by atoms with Crippen molar-refractivity contribution in [1.82, 2.24) is 0 Å². The summed E-state index contributed by atoms with van der Waals surface area (Å²) in [5.74, 6) is -2.54. The minimum atomic E-state index is -1.70. The second kappa shape index (κ2) is 11.7. The summed E-state index contributed by atoms with van der Waals surface area (Å²) in [4.78, 5) is 23.0. The minimum absolute atomic E-state index is 0.00335. The molecule has 0 spiro atoms. The first kappa shape index (κ1) is 27.0. The molecular formula is C21H25ClO10S. The van der Waals surface area contributed by atoms with Gasteiger partial charge in [-0.15, -0.1) is 11.8 Å². The van der Waals surface area contributed by atoms with Gasteiger partial charge in [0.2, 0.25) is 0 Å². The van der Waals surface area contributed by atoms with Crippen molar-refractivity contribution in [3.8, 4) is 11.5 Å². The molecular weight excluding hydrogens is 480 g/mol. The van der Waals surface area contributed by atoms with E-state index in [4.69, 9.17) is 21.1 Å². The summed E-state index contributed by atoms with van der Waals surface area (Å²) >= 11 is 6.85. The van der Waals surface area contributed by atoms with Crippen molar-refractivity contribution in [1.29, 1.82) is 0 Å². The Morgan fingerprint density at radius 2 is 1.85 bits per heavy atom. The number of aliphatic carboxylic acids is 1. The summed E-state index contributed by atoms with van der Waals surface area (Å²) in [7, 11) is 0. The number of fused-ring (bicyclic) bond motifs is 1. The van der Waals surface area contributed by atoms with Crippen LogP contribution in [0.5, 0.6) is 11.5 Å². The lowest BCUT2D eigenvalue weighted by Crippen LogP contribution is -2.37. The number of carboxylic acids is 1. The van der Waals surface area contributed by atoms with Crippen molar-refractivity contribution in [2.75, 3.05) is 5.75 Å². The van der Waals surface area contributed by atoms with Gasteiger partial charge in [0.1, 0.15) is 22.6 Å². The summed E-state index contributed by atoms with van der Waals surface area (Å²) in [5, 5.41) is 67.1. The summed E-state index contributed by atoms with van der Waals surface area (Å²) in [6, 6.07) is 2.28. The van der Waals surface area contributed by atoms with Crippen molar-refractivity contribution in [2.45, 2.75) is 49.4 Å². The number of aliphatic hydroxyl groups is 4. The van der Waals surface area contributed by atoms with Crippen LogP contribution < -0.4 is 5.63 Å². The lowest BCUT2D eigenvalue weighted by Gasteiger charge is -2.26. The van der Waals surface area contributed by atoms with Crippen LogP contribution in [0.2, 0.25) is 5.02 Å². The maximum absolute atomic E-state index is 12.2. The number of phenols is 2. The molecule has 0 amide bonds. The first-order chi connectivity index (χ1) is 15.4. The van der Waals surface area contributed by atoms with Crippen LogP contribution in [0.15, 0.2) is 33.5 Å². The molecule has 0 aliphatic carbocycles. The summed E-state index contributed by atoms with van der Waals surface area (Å²) in [5.41, 5.74) is -0.876. The van der Waals surface area contributed by atoms with Crippen molar-refractivity contribution < 1.29 is 45.0 Å². The third-order valence-corrected chi connectivity index (χ3v) is 6.56. The first-order valence-corrected chi connectivity index (χ1v) is 11.3. The number of thioether (sulfide) groups is 1. The Hall–Kier alpha value is -2.28. The maximum atomic E-state index is 12.2. The Labute approximate surface area is 197 Å². The second-order valence-electron chi connectivity index (χ2n) is 7.44. The van der Waals surface area contributed by atoms with E-state index in [-0.39, 0.29) is 40.1 Å². The highest BCUT2D eigenvalue weighted by molar-refractivity contribution is 8.00. The van der Waals surface area contributed by atoms with E-state index in [1.807, 2.05) is 0 Å². The fraction of sp³-hybridized carbons (Fsp3) is 0.429. The van der Waals surface area contributed by atoms with Crippen LogP contribution in [0.4, 0.5) is 0 Å². The van der Waals surface area contributed by atoms with Gasteiger partial charge in [-0.1, -0.05) is 23.8 Å². The average Bonchev–Trinajstić information content (AvgIpc) is 2.70. The Bertz CT molecular complexity index is 1070. The Morgan fingerprint density at radius 1 is 1.18 bits per heavy atom. The molecule has 33 heavy (non-hydrogen) atoms. The molecule has 10 nitrogen and oxygen atoms in total. The molecule has 2 rings (SSSR count). The maximum Gasteiger partial charge on any atom is 0.347 e. The van der Waals surface area contributed by atoms with Crippen LogP contribution in [-0.4, -0.2) is 77.1 Å². The van der Waals surface area contributed by atoms with Crippen LogP contribution in [-0.2, 0) is 11.2 Å². The summed E-state index contributed by atoms with van der Waals surface area (Å²) in [6.45, 7) is 1.45. The van der Waals surface area contributed by atoms with Gasteiger partial charge in [-0.2, -0.15) is 0 Å². The van der Waals surface area contributed by atoms with E-state index in [2.05, 4.69) is 0 Å². The molecule has 0 saturated carbocycles. The predicted octanol–water partition coefficient (Wildman–Crippen LogP) is 0.996. The molecule has 1 aromatic carbocycles. The number of aliphatic hydroxyl groups excluding tert-OH is 4. The van der Waals surface area contributed by atoms with E-state index >= 15 is 0 Å². The molecule has 0 fully saturated rings.